The van der Waals surface area contributed by atoms with Gasteiger partial charge in [-0.2, -0.15) is 0 Å². The van der Waals surface area contributed by atoms with Crippen molar-refractivity contribution in [3.05, 3.63) is 29.3 Å². The van der Waals surface area contributed by atoms with Crippen molar-refractivity contribution < 1.29 is 4.74 Å². The van der Waals surface area contributed by atoms with Crippen LogP contribution in [0.4, 0.5) is 0 Å². The minimum absolute atomic E-state index is 0.522. The van der Waals surface area contributed by atoms with Gasteiger partial charge in [0.05, 0.1) is 6.61 Å². The van der Waals surface area contributed by atoms with Crippen LogP contribution in [0.2, 0.25) is 0 Å². The average Bonchev–Trinajstić information content (AvgIpc) is 3.08. The molecule has 0 bridgehead atoms. The molecule has 1 saturated heterocycles. The highest BCUT2D eigenvalue weighted by Gasteiger charge is 2.22. The molecule has 1 aromatic carbocycles. The molecule has 0 aromatic heterocycles. The van der Waals surface area contributed by atoms with Gasteiger partial charge in [-0.05, 0) is 37.7 Å². The topological polar surface area (TPSA) is 52.1 Å². The number of ether oxygens (including phenoxy) is 1. The highest BCUT2D eigenvalue weighted by molar-refractivity contribution is 5.79. The highest BCUT2D eigenvalue weighted by Crippen LogP contribution is 2.25. The number of aliphatic imine (C=N–C) groups is 1. The summed E-state index contributed by atoms with van der Waals surface area (Å²) in [7, 11) is 6.22. The van der Waals surface area contributed by atoms with Gasteiger partial charge in [0.2, 0.25) is 0 Å². The van der Waals surface area contributed by atoms with E-state index in [2.05, 4.69) is 57.7 Å². The third-order valence-electron chi connectivity index (χ3n) is 5.17. The number of nitrogens with zero attached hydrogens (tertiary/aromatic N) is 3. The van der Waals surface area contributed by atoms with Gasteiger partial charge in [-0.3, -0.25) is 9.89 Å². The predicted molar refractivity (Wildman–Crippen MR) is 103 cm³/mol. The Morgan fingerprint density at radius 1 is 1.28 bits per heavy atom. The molecule has 1 aromatic rings. The fourth-order valence-corrected chi connectivity index (χ4v) is 3.48. The number of nitrogens with one attached hydrogen (secondary N) is 2. The Balaban J connectivity index is 1.42. The quantitative estimate of drug-likeness (QED) is 0.604. The van der Waals surface area contributed by atoms with Gasteiger partial charge in [-0.15, -0.1) is 0 Å². The SMILES string of the molecule is CN=C(NCCc1ccc2c(c1)CCO2)NCC1CN(C)CCN1C. The lowest BCUT2D eigenvalue weighted by Crippen LogP contribution is -2.55. The van der Waals surface area contributed by atoms with Crippen LogP contribution in [-0.4, -0.2) is 82.3 Å². The molecule has 0 saturated carbocycles. The molecule has 0 spiro atoms. The summed E-state index contributed by atoms with van der Waals surface area (Å²) in [5.41, 5.74) is 2.69. The van der Waals surface area contributed by atoms with Crippen LogP contribution in [0.1, 0.15) is 11.1 Å². The number of guanidine groups is 1. The molecule has 6 heteroatoms. The molecule has 0 aliphatic carbocycles. The maximum Gasteiger partial charge on any atom is 0.191 e. The maximum atomic E-state index is 5.57. The second kappa shape index (κ2) is 8.54. The van der Waals surface area contributed by atoms with Crippen LogP contribution >= 0.6 is 0 Å². The van der Waals surface area contributed by atoms with Crippen LogP contribution in [0.15, 0.2) is 23.2 Å². The van der Waals surface area contributed by atoms with Gasteiger partial charge in [0.1, 0.15) is 5.75 Å². The Hall–Kier alpha value is -1.79. The lowest BCUT2D eigenvalue weighted by Gasteiger charge is -2.37. The van der Waals surface area contributed by atoms with E-state index in [0.717, 1.165) is 63.9 Å². The summed E-state index contributed by atoms with van der Waals surface area (Å²) >= 11 is 0. The van der Waals surface area contributed by atoms with E-state index in [-0.39, 0.29) is 0 Å². The van der Waals surface area contributed by atoms with Crippen molar-refractivity contribution in [3.8, 4) is 5.75 Å². The van der Waals surface area contributed by atoms with Crippen LogP contribution in [0.3, 0.4) is 0 Å². The second-order valence-electron chi connectivity index (χ2n) is 7.07. The number of benzene rings is 1. The van der Waals surface area contributed by atoms with Gasteiger partial charge in [0.25, 0.3) is 0 Å². The van der Waals surface area contributed by atoms with Crippen molar-refractivity contribution in [1.82, 2.24) is 20.4 Å². The average molecular weight is 345 g/mol. The zero-order valence-corrected chi connectivity index (χ0v) is 15.7. The Kier molecular flexibility index (Phi) is 6.15. The maximum absolute atomic E-state index is 5.57. The third-order valence-corrected chi connectivity index (χ3v) is 5.17. The van der Waals surface area contributed by atoms with Crippen molar-refractivity contribution in [2.24, 2.45) is 4.99 Å². The largest absolute Gasteiger partial charge is 0.493 e. The summed E-state index contributed by atoms with van der Waals surface area (Å²) in [5.74, 6) is 1.93. The Labute approximate surface area is 151 Å². The van der Waals surface area contributed by atoms with Crippen molar-refractivity contribution in [3.63, 3.8) is 0 Å². The first-order chi connectivity index (χ1) is 12.2. The van der Waals surface area contributed by atoms with E-state index in [1.807, 2.05) is 7.05 Å². The Morgan fingerprint density at radius 3 is 3.00 bits per heavy atom. The summed E-state index contributed by atoms with van der Waals surface area (Å²) < 4.78 is 5.57. The monoisotopic (exact) mass is 345 g/mol. The fraction of sp³-hybridized carbons (Fsp3) is 0.632. The van der Waals surface area contributed by atoms with Gasteiger partial charge in [-0.25, -0.2) is 0 Å². The fourth-order valence-electron chi connectivity index (χ4n) is 3.48. The van der Waals surface area contributed by atoms with Gasteiger partial charge in [0, 0.05) is 52.2 Å². The van der Waals surface area contributed by atoms with Crippen molar-refractivity contribution in [2.45, 2.75) is 18.9 Å². The molecule has 2 N–H and O–H groups in total. The zero-order valence-electron chi connectivity index (χ0n) is 15.7. The molecule has 3 rings (SSSR count). The van der Waals surface area contributed by atoms with Crippen molar-refractivity contribution >= 4 is 5.96 Å². The first-order valence-electron chi connectivity index (χ1n) is 9.23. The van der Waals surface area contributed by atoms with E-state index < -0.39 is 0 Å². The Morgan fingerprint density at radius 2 is 2.16 bits per heavy atom. The summed E-state index contributed by atoms with van der Waals surface area (Å²) in [4.78, 5) is 9.16. The minimum Gasteiger partial charge on any atom is -0.493 e. The standard InChI is InChI=1S/C19H31N5O/c1-20-19(22-13-17-14-23(2)9-10-24(17)3)21-8-6-15-4-5-18-16(12-15)7-11-25-18/h4-5,12,17H,6-11,13-14H2,1-3H3,(H2,20,21,22). The molecule has 2 heterocycles. The molecule has 138 valence electrons. The molecule has 1 unspecified atom stereocenters. The molecule has 2 aliphatic heterocycles. The van der Waals surface area contributed by atoms with E-state index in [0.29, 0.717) is 6.04 Å². The summed E-state index contributed by atoms with van der Waals surface area (Å²) in [5, 5.41) is 6.90. The number of hydrogen-bond acceptors (Lipinski definition) is 4. The van der Waals surface area contributed by atoms with Crippen molar-refractivity contribution in [1.29, 1.82) is 0 Å². The van der Waals surface area contributed by atoms with Gasteiger partial charge >= 0.3 is 0 Å². The first-order valence-corrected chi connectivity index (χ1v) is 9.23. The van der Waals surface area contributed by atoms with Crippen LogP contribution in [0.25, 0.3) is 0 Å². The number of hydrogen-bond donors (Lipinski definition) is 2. The number of fused-ring (bicyclic) bond motifs is 1. The smallest absolute Gasteiger partial charge is 0.191 e. The second-order valence-corrected chi connectivity index (χ2v) is 7.07. The van der Waals surface area contributed by atoms with E-state index in [1.165, 1.54) is 11.1 Å². The minimum atomic E-state index is 0.522. The molecule has 1 atom stereocenters. The van der Waals surface area contributed by atoms with Crippen LogP contribution < -0.4 is 15.4 Å². The summed E-state index contributed by atoms with van der Waals surface area (Å²) in [6.07, 6.45) is 2.02. The lowest BCUT2D eigenvalue weighted by molar-refractivity contribution is 0.116. The van der Waals surface area contributed by atoms with Crippen molar-refractivity contribution in [2.75, 3.05) is 60.5 Å². The highest BCUT2D eigenvalue weighted by atomic mass is 16.5. The third kappa shape index (κ3) is 4.86. The summed E-state index contributed by atoms with van der Waals surface area (Å²) in [6, 6.07) is 7.05. The van der Waals surface area contributed by atoms with Gasteiger partial charge < -0.3 is 20.3 Å². The number of piperazine rings is 1. The number of rotatable bonds is 5. The van der Waals surface area contributed by atoms with E-state index in [4.69, 9.17) is 4.74 Å². The molecule has 0 radical (unpaired) electrons. The van der Waals surface area contributed by atoms with Crippen LogP contribution in [-0.2, 0) is 12.8 Å². The normalized spacial score (nSPS) is 21.7. The molecule has 6 nitrogen and oxygen atoms in total. The molecule has 25 heavy (non-hydrogen) atoms. The van der Waals surface area contributed by atoms with E-state index in [9.17, 15) is 0 Å². The molecular formula is C19H31N5O. The van der Waals surface area contributed by atoms with Gasteiger partial charge in [-0.1, -0.05) is 12.1 Å². The summed E-state index contributed by atoms with van der Waals surface area (Å²) in [6.45, 7) is 5.97. The molecule has 1 fully saturated rings. The van der Waals surface area contributed by atoms with E-state index >= 15 is 0 Å². The zero-order chi connectivity index (χ0) is 17.6. The van der Waals surface area contributed by atoms with E-state index in [1.54, 1.807) is 0 Å². The van der Waals surface area contributed by atoms with Crippen LogP contribution in [0.5, 0.6) is 5.75 Å². The van der Waals surface area contributed by atoms with Gasteiger partial charge in [0.15, 0.2) is 5.96 Å². The van der Waals surface area contributed by atoms with Crippen LogP contribution in [0, 0.1) is 0 Å². The lowest BCUT2D eigenvalue weighted by atomic mass is 10.1. The number of likely N-dealkylation sites (N-methyl/N-ethyl adjacent to an activating group) is 2. The Bertz CT molecular complexity index is 603. The molecule has 2 aliphatic rings. The first kappa shape index (κ1) is 18.0. The predicted octanol–water partition coefficient (Wildman–Crippen LogP) is 0.575. The molecular weight excluding hydrogens is 314 g/mol. The molecule has 0 amide bonds.